The Labute approximate surface area is 202 Å². The van der Waals surface area contributed by atoms with Crippen molar-refractivity contribution in [3.8, 4) is 11.5 Å². The minimum Gasteiger partial charge on any atom is -0.511 e. The van der Waals surface area contributed by atoms with E-state index >= 15 is 0 Å². The van der Waals surface area contributed by atoms with Crippen LogP contribution >= 0.6 is 11.8 Å². The van der Waals surface area contributed by atoms with Gasteiger partial charge in [-0.15, -0.1) is 11.8 Å². The molecule has 6 nitrogen and oxygen atoms in total. The molecule has 188 valence electrons. The van der Waals surface area contributed by atoms with Gasteiger partial charge in [-0.2, -0.15) is 17.6 Å². The third-order valence-electron chi connectivity index (χ3n) is 5.64. The minimum absolute atomic E-state index is 0.0502. The monoisotopic (exact) mass is 517 g/mol. The van der Waals surface area contributed by atoms with Gasteiger partial charge in [0.25, 0.3) is 0 Å². The van der Waals surface area contributed by atoms with Crippen LogP contribution in [0, 0.1) is 11.6 Å². The summed E-state index contributed by atoms with van der Waals surface area (Å²) in [6, 6.07) is 5.98. The fourth-order valence-corrected chi connectivity index (χ4v) is 5.43. The smallest absolute Gasteiger partial charge is 0.511 e. The lowest BCUT2D eigenvalue weighted by atomic mass is 9.85. The highest BCUT2D eigenvalue weighted by molar-refractivity contribution is 8.02. The fraction of sp³-hybridized carbons (Fsp3) is 0.318. The number of methoxy groups -OCH3 is 1. The lowest BCUT2D eigenvalue weighted by molar-refractivity contribution is -0.155. The molecular formula is C22H21BF5NO5S. The maximum absolute atomic E-state index is 14.3. The van der Waals surface area contributed by atoms with E-state index in [-0.39, 0.29) is 17.0 Å². The zero-order chi connectivity index (χ0) is 26.1. The lowest BCUT2D eigenvalue weighted by Gasteiger charge is -2.26. The van der Waals surface area contributed by atoms with Crippen LogP contribution in [0.4, 0.5) is 27.6 Å². The van der Waals surface area contributed by atoms with E-state index in [9.17, 15) is 26.7 Å². The highest BCUT2D eigenvalue weighted by Gasteiger charge is 2.60. The molecule has 3 unspecified atom stereocenters. The van der Waals surface area contributed by atoms with Crippen LogP contribution in [-0.2, 0) is 4.79 Å². The largest absolute Gasteiger partial charge is 0.707 e. The zero-order valence-electron chi connectivity index (χ0n) is 18.5. The molecule has 35 heavy (non-hydrogen) atoms. The first kappa shape index (κ1) is 26.8. The first-order chi connectivity index (χ1) is 16.3. The van der Waals surface area contributed by atoms with Gasteiger partial charge in [0.05, 0.1) is 12.4 Å². The van der Waals surface area contributed by atoms with Crippen LogP contribution in [0.5, 0.6) is 11.5 Å². The van der Waals surface area contributed by atoms with Gasteiger partial charge in [0.1, 0.15) is 10.5 Å². The van der Waals surface area contributed by atoms with E-state index < -0.39 is 59.1 Å². The number of benzene rings is 2. The number of hydrogen-bond acceptors (Lipinski definition) is 6. The summed E-state index contributed by atoms with van der Waals surface area (Å²) in [4.78, 5) is 13.2. The van der Waals surface area contributed by atoms with Gasteiger partial charge in [-0.25, -0.2) is 4.39 Å². The Morgan fingerprint density at radius 3 is 2.54 bits per heavy atom. The summed E-state index contributed by atoms with van der Waals surface area (Å²) in [7, 11) is -1.11. The number of amides is 1. The summed E-state index contributed by atoms with van der Waals surface area (Å²) in [6.45, 7) is 4.50. The molecule has 1 amide bonds. The van der Waals surface area contributed by atoms with Crippen LogP contribution in [0.15, 0.2) is 36.9 Å². The molecular weight excluding hydrogens is 496 g/mol. The van der Waals surface area contributed by atoms with Crippen LogP contribution in [0.1, 0.15) is 30.4 Å². The first-order valence-corrected chi connectivity index (χ1v) is 11.1. The molecule has 1 aliphatic rings. The quantitative estimate of drug-likeness (QED) is 0.370. The van der Waals surface area contributed by atoms with E-state index in [1.54, 1.807) is 0 Å². The average Bonchev–Trinajstić information content (AvgIpc) is 3.14. The topological polar surface area (TPSA) is 88.0 Å². The number of nitrogens with one attached hydrogen (secondary N) is 1. The maximum atomic E-state index is 14.3. The van der Waals surface area contributed by atoms with E-state index in [2.05, 4.69) is 11.9 Å². The summed E-state index contributed by atoms with van der Waals surface area (Å²) in [5.74, 6) is -5.22. The second kappa shape index (κ2) is 10.1. The van der Waals surface area contributed by atoms with Gasteiger partial charge in [0.2, 0.25) is 11.7 Å². The SMILES string of the molecule is C=Cc1ccc(NC(=O)C2SC(C)(C(F)(F)F)CC2c2ccc(F)c(F)c2OC)cc1OB(O)O. The van der Waals surface area contributed by atoms with Gasteiger partial charge in [-0.3, -0.25) is 4.79 Å². The molecule has 1 heterocycles. The van der Waals surface area contributed by atoms with E-state index in [4.69, 9.17) is 19.4 Å². The molecule has 1 fully saturated rings. The van der Waals surface area contributed by atoms with Gasteiger partial charge in [-0.05, 0) is 31.5 Å². The Kier molecular flexibility index (Phi) is 7.72. The Hall–Kier alpha value is -2.77. The third-order valence-corrected chi connectivity index (χ3v) is 7.35. The average molecular weight is 517 g/mol. The maximum Gasteiger partial charge on any atom is 0.707 e. The summed E-state index contributed by atoms with van der Waals surface area (Å²) in [6.07, 6.45) is -3.92. The second-order valence-corrected chi connectivity index (χ2v) is 9.60. The Balaban J connectivity index is 2.00. The molecule has 2 aromatic rings. The molecule has 13 heteroatoms. The summed E-state index contributed by atoms with van der Waals surface area (Å²) < 4.78 is 77.2. The van der Waals surface area contributed by atoms with Crippen molar-refractivity contribution in [1.29, 1.82) is 0 Å². The molecule has 3 rings (SSSR count). The number of alkyl halides is 3. The number of anilines is 1. The van der Waals surface area contributed by atoms with Crippen molar-refractivity contribution in [1.82, 2.24) is 0 Å². The molecule has 3 atom stereocenters. The van der Waals surface area contributed by atoms with Crippen LogP contribution < -0.4 is 14.7 Å². The van der Waals surface area contributed by atoms with Gasteiger partial charge in [-0.1, -0.05) is 18.7 Å². The summed E-state index contributed by atoms with van der Waals surface area (Å²) in [5, 5.41) is 19.3. The van der Waals surface area contributed by atoms with E-state index in [1.807, 2.05) is 0 Å². The standard InChI is InChI=1S/C22H21BF5NO5S/c1-4-11-5-6-12(9-16(11)34-23(31)32)29-20(30)19-14(10-21(2,35-19)22(26,27)28)13-7-8-15(24)17(25)18(13)33-3/h4-9,14,19,31-32H,1,10H2,2-3H3,(H,29,30). The number of halogens is 5. The van der Waals surface area contributed by atoms with Gasteiger partial charge >= 0.3 is 13.5 Å². The summed E-state index contributed by atoms with van der Waals surface area (Å²) >= 11 is 0.366. The molecule has 3 N–H and O–H groups in total. The Bertz CT molecular complexity index is 1130. The van der Waals surface area contributed by atoms with Crippen molar-refractivity contribution < 1.29 is 46.2 Å². The van der Waals surface area contributed by atoms with Crippen molar-refractivity contribution in [2.75, 3.05) is 12.4 Å². The number of ether oxygens (including phenoxy) is 1. The minimum atomic E-state index is -4.69. The molecule has 2 aromatic carbocycles. The zero-order valence-corrected chi connectivity index (χ0v) is 19.3. The number of carbonyl (C=O) groups excluding carboxylic acids is 1. The molecule has 1 saturated heterocycles. The third kappa shape index (κ3) is 5.41. The summed E-state index contributed by atoms with van der Waals surface area (Å²) in [5.41, 5.74) is 0.385. The number of thioether (sulfide) groups is 1. The molecule has 0 bridgehead atoms. The number of rotatable bonds is 7. The highest BCUT2D eigenvalue weighted by atomic mass is 32.2. The molecule has 0 radical (unpaired) electrons. The predicted octanol–water partition coefficient (Wildman–Crippen LogP) is 4.51. The number of carbonyl (C=O) groups is 1. The van der Waals surface area contributed by atoms with Crippen molar-refractivity contribution in [2.24, 2.45) is 0 Å². The van der Waals surface area contributed by atoms with Crippen molar-refractivity contribution in [2.45, 2.75) is 35.4 Å². The molecule has 0 spiro atoms. The fourth-order valence-electron chi connectivity index (χ4n) is 3.89. The van der Waals surface area contributed by atoms with Crippen LogP contribution in [0.3, 0.4) is 0 Å². The molecule has 0 aromatic heterocycles. The predicted molar refractivity (Wildman–Crippen MR) is 122 cm³/mol. The van der Waals surface area contributed by atoms with E-state index in [0.29, 0.717) is 17.3 Å². The Morgan fingerprint density at radius 2 is 1.97 bits per heavy atom. The van der Waals surface area contributed by atoms with Crippen LogP contribution in [0.25, 0.3) is 6.08 Å². The Morgan fingerprint density at radius 1 is 1.29 bits per heavy atom. The highest BCUT2D eigenvalue weighted by Crippen LogP contribution is 2.59. The van der Waals surface area contributed by atoms with Gasteiger partial charge in [0, 0.05) is 28.8 Å². The molecule has 0 saturated carbocycles. The second-order valence-electron chi connectivity index (χ2n) is 7.95. The van der Waals surface area contributed by atoms with Gasteiger partial charge < -0.3 is 24.8 Å². The van der Waals surface area contributed by atoms with E-state index in [1.165, 1.54) is 24.3 Å². The van der Waals surface area contributed by atoms with Gasteiger partial charge in [0.15, 0.2) is 11.6 Å². The first-order valence-electron chi connectivity index (χ1n) is 10.2. The van der Waals surface area contributed by atoms with Crippen molar-refractivity contribution >= 4 is 36.8 Å². The van der Waals surface area contributed by atoms with Crippen molar-refractivity contribution in [3.05, 3.63) is 59.7 Å². The lowest BCUT2D eigenvalue weighted by Crippen LogP contribution is -2.37. The van der Waals surface area contributed by atoms with Crippen LogP contribution in [-0.4, -0.2) is 46.6 Å². The van der Waals surface area contributed by atoms with Crippen molar-refractivity contribution in [3.63, 3.8) is 0 Å². The molecule has 1 aliphatic heterocycles. The molecule has 0 aliphatic carbocycles. The normalized spacial score (nSPS) is 22.0. The number of hydrogen-bond donors (Lipinski definition) is 3. The van der Waals surface area contributed by atoms with E-state index in [0.717, 1.165) is 26.2 Å². The van der Waals surface area contributed by atoms with Crippen LogP contribution in [0.2, 0.25) is 0 Å².